The summed E-state index contributed by atoms with van der Waals surface area (Å²) in [7, 11) is 0. The van der Waals surface area contributed by atoms with Gasteiger partial charge in [0, 0.05) is 23.0 Å². The van der Waals surface area contributed by atoms with Crippen LogP contribution in [0.2, 0.25) is 0 Å². The Kier molecular flexibility index (Phi) is 7.37. The molecule has 0 unspecified atom stereocenters. The van der Waals surface area contributed by atoms with Gasteiger partial charge in [0.2, 0.25) is 0 Å². The number of imidazole rings is 1. The summed E-state index contributed by atoms with van der Waals surface area (Å²) >= 11 is 0. The van der Waals surface area contributed by atoms with Crippen LogP contribution in [0, 0.1) is 27.7 Å². The van der Waals surface area contributed by atoms with Gasteiger partial charge in [-0.1, -0.05) is 106 Å². The third-order valence-corrected chi connectivity index (χ3v) is 10.3. The maximum Gasteiger partial charge on any atom is 0.149 e. The van der Waals surface area contributed by atoms with Crippen LogP contribution >= 0.6 is 0 Å². The minimum absolute atomic E-state index is 0.131. The van der Waals surface area contributed by atoms with Crippen LogP contribution < -0.4 is 0 Å². The zero-order valence-corrected chi connectivity index (χ0v) is 31.7. The molecule has 6 aromatic carbocycles. The number of aryl methyl sites for hydroxylation is 3. The average molecular weight is 709 g/mol. The van der Waals surface area contributed by atoms with Gasteiger partial charge < -0.3 is 5.11 Å². The first kappa shape index (κ1) is 29.2. The average Bonchev–Trinajstić information content (AvgIpc) is 3.61. The molecule has 0 fully saturated rings. The van der Waals surface area contributed by atoms with E-state index >= 15 is 0 Å². The Balaban J connectivity index is 1.39. The summed E-state index contributed by atoms with van der Waals surface area (Å²) in [6.07, 6.45) is 1.62. The molecule has 8 rings (SSSR count). The van der Waals surface area contributed by atoms with Crippen molar-refractivity contribution in [3.63, 3.8) is 0 Å². The summed E-state index contributed by atoms with van der Waals surface area (Å²) in [5, 5.41) is 11.6. The predicted molar refractivity (Wildman–Crippen MR) is 225 cm³/mol. The number of hydrogen-bond acceptors (Lipinski definition) is 3. The number of hydrogen-bond donors (Lipinski definition) is 1. The molecule has 0 saturated heterocycles. The van der Waals surface area contributed by atoms with Crippen molar-refractivity contribution in [2.45, 2.75) is 53.9 Å². The maximum absolute atomic E-state index is 11.6. The molecule has 0 spiro atoms. The molecule has 8 aromatic rings. The van der Waals surface area contributed by atoms with Crippen molar-refractivity contribution >= 4 is 11.0 Å². The standard InChI is InChI=1S/C50H45N3O/c1-31-23-33(3)48(54)44(24-31)49-52-47-42(19-14-20-46(47)53(49)41-25-32(2)34(4)43(30-41)36-17-12-9-13-18-36)38-26-39(28-40(27-38)50(5,6)7)45-29-37(21-22-51-45)35-15-10-8-11-16-35/h8-30,54H,1-7H3/i8D,10D,11D,15D,16D. The highest BCUT2D eigenvalue weighted by molar-refractivity contribution is 5.97. The fourth-order valence-corrected chi connectivity index (χ4v) is 7.29. The van der Waals surface area contributed by atoms with Gasteiger partial charge in [-0.2, -0.15) is 0 Å². The Labute approximate surface area is 325 Å². The number of benzene rings is 6. The summed E-state index contributed by atoms with van der Waals surface area (Å²) in [6.45, 7) is 14.7. The van der Waals surface area contributed by atoms with Crippen LogP contribution in [-0.2, 0) is 5.41 Å². The molecular formula is C50H45N3O. The number of para-hydroxylation sites is 1. The normalized spacial score (nSPS) is 13.0. The smallest absolute Gasteiger partial charge is 0.149 e. The monoisotopic (exact) mass is 708 g/mol. The zero-order chi connectivity index (χ0) is 42.1. The molecule has 0 aliphatic heterocycles. The Morgan fingerprint density at radius 2 is 1.39 bits per heavy atom. The second kappa shape index (κ2) is 13.6. The molecule has 0 saturated carbocycles. The van der Waals surface area contributed by atoms with E-state index in [0.29, 0.717) is 22.6 Å². The highest BCUT2D eigenvalue weighted by Crippen LogP contribution is 2.42. The number of phenolic OH excluding ortho intramolecular Hbond substituents is 1. The molecule has 0 atom stereocenters. The number of fused-ring (bicyclic) bond motifs is 1. The molecule has 4 heteroatoms. The van der Waals surface area contributed by atoms with E-state index in [4.69, 9.17) is 16.8 Å². The van der Waals surface area contributed by atoms with Crippen molar-refractivity contribution in [1.29, 1.82) is 0 Å². The van der Waals surface area contributed by atoms with Gasteiger partial charge >= 0.3 is 0 Å². The Morgan fingerprint density at radius 3 is 2.15 bits per heavy atom. The number of aromatic nitrogens is 3. The van der Waals surface area contributed by atoms with Crippen molar-refractivity contribution in [2.75, 3.05) is 0 Å². The molecule has 0 radical (unpaired) electrons. The Bertz CT molecular complexity index is 2950. The topological polar surface area (TPSA) is 50.9 Å². The van der Waals surface area contributed by atoms with Gasteiger partial charge in [-0.05, 0) is 137 Å². The first-order valence-electron chi connectivity index (χ1n) is 20.7. The van der Waals surface area contributed by atoms with Crippen molar-refractivity contribution in [2.24, 2.45) is 0 Å². The molecule has 0 aliphatic rings. The lowest BCUT2D eigenvalue weighted by atomic mass is 9.83. The van der Waals surface area contributed by atoms with Gasteiger partial charge in [-0.3, -0.25) is 9.55 Å². The molecule has 2 aromatic heterocycles. The van der Waals surface area contributed by atoms with Crippen LogP contribution in [0.4, 0.5) is 0 Å². The van der Waals surface area contributed by atoms with Gasteiger partial charge in [-0.25, -0.2) is 4.98 Å². The number of aromatic hydroxyl groups is 1. The molecular weight excluding hydrogens is 659 g/mol. The van der Waals surface area contributed by atoms with Crippen LogP contribution in [0.25, 0.3) is 72.7 Å². The summed E-state index contributed by atoms with van der Waals surface area (Å²) < 4.78 is 44.1. The van der Waals surface area contributed by atoms with E-state index in [0.717, 1.165) is 66.8 Å². The summed E-state index contributed by atoms with van der Waals surface area (Å²) in [5.41, 5.74) is 14.2. The number of phenols is 1. The van der Waals surface area contributed by atoms with Crippen LogP contribution in [0.15, 0.2) is 140 Å². The van der Waals surface area contributed by atoms with E-state index in [-0.39, 0.29) is 40.9 Å². The summed E-state index contributed by atoms with van der Waals surface area (Å²) in [4.78, 5) is 10.2. The van der Waals surface area contributed by atoms with Crippen LogP contribution in [0.1, 0.15) is 55.4 Å². The van der Waals surface area contributed by atoms with E-state index < -0.39 is 6.04 Å². The van der Waals surface area contributed by atoms with Crippen LogP contribution in [0.3, 0.4) is 0 Å². The Hall–Kier alpha value is -6.26. The first-order chi connectivity index (χ1) is 28.0. The lowest BCUT2D eigenvalue weighted by Gasteiger charge is -2.22. The molecule has 0 bridgehead atoms. The van der Waals surface area contributed by atoms with Crippen LogP contribution in [-0.4, -0.2) is 19.6 Å². The number of nitrogens with zero attached hydrogens (tertiary/aromatic N) is 3. The summed E-state index contributed by atoms with van der Waals surface area (Å²) in [5.74, 6) is 0.808. The third-order valence-electron chi connectivity index (χ3n) is 10.3. The van der Waals surface area contributed by atoms with Gasteiger partial charge in [0.1, 0.15) is 11.6 Å². The Morgan fingerprint density at radius 1 is 0.630 bits per heavy atom. The largest absolute Gasteiger partial charge is 0.507 e. The third kappa shape index (κ3) is 6.39. The van der Waals surface area contributed by atoms with E-state index in [1.54, 1.807) is 18.3 Å². The number of rotatable bonds is 6. The fraction of sp³-hybridized carbons (Fsp3) is 0.160. The van der Waals surface area contributed by atoms with Crippen molar-refractivity contribution in [1.82, 2.24) is 14.5 Å². The van der Waals surface area contributed by atoms with E-state index in [9.17, 15) is 5.11 Å². The van der Waals surface area contributed by atoms with Gasteiger partial charge in [-0.15, -0.1) is 0 Å². The lowest BCUT2D eigenvalue weighted by molar-refractivity contribution is 0.472. The van der Waals surface area contributed by atoms with Gasteiger partial charge in [0.15, 0.2) is 0 Å². The second-order valence-electron chi connectivity index (χ2n) is 15.2. The maximum atomic E-state index is 11.6. The van der Waals surface area contributed by atoms with E-state index in [1.807, 2.05) is 38.1 Å². The van der Waals surface area contributed by atoms with Crippen molar-refractivity contribution < 1.29 is 12.0 Å². The first-order valence-corrected chi connectivity index (χ1v) is 18.2. The molecule has 4 nitrogen and oxygen atoms in total. The molecule has 1 N–H and O–H groups in total. The van der Waals surface area contributed by atoms with Crippen LogP contribution in [0.5, 0.6) is 5.75 Å². The lowest BCUT2D eigenvalue weighted by Crippen LogP contribution is -2.11. The van der Waals surface area contributed by atoms with Crippen molar-refractivity contribution in [3.8, 4) is 67.5 Å². The molecule has 54 heavy (non-hydrogen) atoms. The highest BCUT2D eigenvalue weighted by atomic mass is 16.3. The SMILES string of the molecule is [2H]c1c([2H])c([2H])c(-c2ccnc(-c3cc(-c4cccc5c4nc(-c4cc(C)cc(C)c4O)n5-c4cc(C)c(C)c(-c5ccccc5)c4)cc(C(C)(C)C)c3)c2)c([2H])c1[2H]. The second-order valence-corrected chi connectivity index (χ2v) is 15.2. The van der Waals surface area contributed by atoms with E-state index in [1.165, 1.54) is 5.56 Å². The van der Waals surface area contributed by atoms with Gasteiger partial charge in [0.05, 0.1) is 29.1 Å². The van der Waals surface area contributed by atoms with Crippen molar-refractivity contribution in [3.05, 3.63) is 167 Å². The number of pyridine rings is 1. The zero-order valence-electron chi connectivity index (χ0n) is 36.7. The highest BCUT2D eigenvalue weighted by Gasteiger charge is 2.24. The minimum Gasteiger partial charge on any atom is -0.507 e. The molecule has 266 valence electrons. The molecule has 0 aliphatic carbocycles. The van der Waals surface area contributed by atoms with E-state index in [2.05, 4.69) is 106 Å². The quantitative estimate of drug-likeness (QED) is 0.187. The molecule has 0 amide bonds. The minimum atomic E-state index is -0.429. The summed E-state index contributed by atoms with van der Waals surface area (Å²) in [6, 6.07) is 33.1. The van der Waals surface area contributed by atoms with Gasteiger partial charge in [0.25, 0.3) is 0 Å². The fourth-order valence-electron chi connectivity index (χ4n) is 7.29. The molecule has 2 heterocycles. The predicted octanol–water partition coefficient (Wildman–Crippen LogP) is 13.0.